The fraction of sp³-hybridized carbons (Fsp3) is 0.588. The van der Waals surface area contributed by atoms with Crippen molar-refractivity contribution in [3.05, 3.63) is 23.0 Å². The number of carbonyl (C=O) groups excluding carboxylic acids is 1. The van der Waals surface area contributed by atoms with Crippen LogP contribution >= 0.6 is 0 Å². The number of anilines is 1. The molecule has 1 spiro atoms. The molecule has 3 fully saturated rings. The smallest absolute Gasteiger partial charge is 0.326 e. The number of phenols is 1. The Hall–Kier alpha value is -1.91. The van der Waals surface area contributed by atoms with Crippen molar-refractivity contribution in [3.8, 4) is 5.75 Å². The third-order valence-corrected chi connectivity index (χ3v) is 7.74. The topological polar surface area (TPSA) is 102 Å². The van der Waals surface area contributed by atoms with Crippen LogP contribution in [0.5, 0.6) is 5.75 Å². The second-order valence-corrected chi connectivity index (χ2v) is 9.71. The van der Waals surface area contributed by atoms with Gasteiger partial charge in [0, 0.05) is 37.8 Å². The highest BCUT2D eigenvalue weighted by Crippen LogP contribution is 2.48. The lowest BCUT2D eigenvalue weighted by atomic mass is 9.61. The average molecular weight is 396 g/mol. The van der Waals surface area contributed by atoms with Gasteiger partial charge < -0.3 is 10.4 Å². The quantitative estimate of drug-likeness (QED) is 0.641. The molecule has 1 aromatic carbocycles. The van der Waals surface area contributed by atoms with E-state index < -0.39 is 39.9 Å². The Balaban J connectivity index is 1.45. The van der Waals surface area contributed by atoms with E-state index in [1.54, 1.807) is 0 Å². The number of aromatic hydroxyl groups is 1. The van der Waals surface area contributed by atoms with Crippen molar-refractivity contribution in [2.45, 2.75) is 31.8 Å². The number of fused-ring (bicyclic) bond motifs is 1. The van der Waals surface area contributed by atoms with E-state index in [9.17, 15) is 18.3 Å². The lowest BCUT2D eigenvalue weighted by molar-refractivity contribution is -0.117. The Labute approximate surface area is 156 Å². The molecule has 2 saturated heterocycles. The van der Waals surface area contributed by atoms with Gasteiger partial charge in [-0.05, 0) is 36.3 Å². The maximum Gasteiger partial charge on any atom is 0.326 e. The molecule has 8 nitrogen and oxygen atoms in total. The van der Waals surface area contributed by atoms with Crippen molar-refractivity contribution >= 4 is 21.8 Å². The zero-order chi connectivity index (χ0) is 19.0. The first kappa shape index (κ1) is 17.2. The molecule has 10 heteroatoms. The van der Waals surface area contributed by atoms with Gasteiger partial charge in [0.25, 0.3) is 5.91 Å². The van der Waals surface area contributed by atoms with Crippen LogP contribution in [-0.2, 0) is 28.0 Å². The monoisotopic (exact) mass is 396 g/mol. The summed E-state index contributed by atoms with van der Waals surface area (Å²) in [5.74, 6) is -1.96. The summed E-state index contributed by atoms with van der Waals surface area (Å²) in [5.41, 5.74) is 1.08. The van der Waals surface area contributed by atoms with Crippen molar-refractivity contribution in [1.29, 1.82) is 0 Å². The highest BCUT2D eigenvalue weighted by molar-refractivity contribution is 7.92. The molecule has 0 aromatic heterocycles. The third-order valence-electron chi connectivity index (χ3n) is 6.37. The number of benzene rings is 1. The molecule has 4 aliphatic rings. The van der Waals surface area contributed by atoms with Crippen LogP contribution in [0.4, 0.5) is 10.1 Å². The SMILES string of the molecule is O=C1CN(c2c(O)cc3c(c2F)CN(C2CC4(CNC4)C2)CC3)S(=O)(=O)N1. The fourth-order valence-electron chi connectivity index (χ4n) is 4.82. The number of amides is 1. The van der Waals surface area contributed by atoms with Crippen LogP contribution in [0.2, 0.25) is 0 Å². The number of nitrogens with zero attached hydrogens (tertiary/aromatic N) is 2. The number of nitrogens with one attached hydrogen (secondary N) is 2. The molecule has 3 N–H and O–H groups in total. The summed E-state index contributed by atoms with van der Waals surface area (Å²) >= 11 is 0. The Bertz CT molecular complexity index is 939. The summed E-state index contributed by atoms with van der Waals surface area (Å²) in [4.78, 5) is 13.7. The van der Waals surface area contributed by atoms with Gasteiger partial charge in [0.05, 0.1) is 0 Å². The summed E-state index contributed by atoms with van der Waals surface area (Å²) in [7, 11) is -4.18. The molecule has 1 aromatic rings. The van der Waals surface area contributed by atoms with Gasteiger partial charge in [-0.15, -0.1) is 0 Å². The van der Waals surface area contributed by atoms with Crippen LogP contribution < -0.4 is 14.3 Å². The molecule has 1 saturated carbocycles. The summed E-state index contributed by atoms with van der Waals surface area (Å²) in [6.45, 7) is 2.75. The number of carbonyl (C=O) groups is 1. The van der Waals surface area contributed by atoms with Gasteiger partial charge in [0.1, 0.15) is 18.0 Å². The van der Waals surface area contributed by atoms with E-state index in [1.165, 1.54) is 6.07 Å². The van der Waals surface area contributed by atoms with Crippen LogP contribution in [0.3, 0.4) is 0 Å². The highest BCUT2D eigenvalue weighted by atomic mass is 32.2. The van der Waals surface area contributed by atoms with E-state index >= 15 is 4.39 Å². The van der Waals surface area contributed by atoms with Gasteiger partial charge in [-0.3, -0.25) is 9.69 Å². The summed E-state index contributed by atoms with van der Waals surface area (Å²) in [6.07, 6.45) is 2.80. The molecular formula is C17H21FN4O4S. The van der Waals surface area contributed by atoms with Crippen LogP contribution in [-0.4, -0.2) is 56.6 Å². The van der Waals surface area contributed by atoms with E-state index in [2.05, 4.69) is 10.2 Å². The highest BCUT2D eigenvalue weighted by Gasteiger charge is 2.50. The molecule has 0 bridgehead atoms. The largest absolute Gasteiger partial charge is 0.506 e. The number of rotatable bonds is 2. The van der Waals surface area contributed by atoms with Crippen molar-refractivity contribution in [2.75, 3.05) is 30.5 Å². The zero-order valence-corrected chi connectivity index (χ0v) is 15.5. The lowest BCUT2D eigenvalue weighted by Gasteiger charge is -2.57. The van der Waals surface area contributed by atoms with E-state index in [0.717, 1.165) is 32.5 Å². The van der Waals surface area contributed by atoms with Gasteiger partial charge in [-0.25, -0.2) is 13.4 Å². The zero-order valence-electron chi connectivity index (χ0n) is 14.7. The molecule has 0 unspecified atom stereocenters. The molecule has 3 heterocycles. The van der Waals surface area contributed by atoms with Gasteiger partial charge in [-0.1, -0.05) is 0 Å². The normalized spacial score (nSPS) is 26.4. The first-order valence-corrected chi connectivity index (χ1v) is 10.5. The predicted octanol–water partition coefficient (Wildman–Crippen LogP) is -0.178. The van der Waals surface area contributed by atoms with Gasteiger partial charge in [0.2, 0.25) is 0 Å². The third kappa shape index (κ3) is 2.54. The molecule has 0 atom stereocenters. The van der Waals surface area contributed by atoms with Crippen molar-refractivity contribution in [2.24, 2.45) is 5.41 Å². The summed E-state index contributed by atoms with van der Waals surface area (Å²) in [6, 6.07) is 1.84. The summed E-state index contributed by atoms with van der Waals surface area (Å²) in [5, 5.41) is 13.6. The van der Waals surface area contributed by atoms with E-state index in [-0.39, 0.29) is 0 Å². The maximum atomic E-state index is 15.3. The average Bonchev–Trinajstić information content (AvgIpc) is 2.77. The fourth-order valence-corrected chi connectivity index (χ4v) is 5.98. The van der Waals surface area contributed by atoms with E-state index in [1.807, 2.05) is 4.72 Å². The minimum Gasteiger partial charge on any atom is -0.506 e. The van der Waals surface area contributed by atoms with Crippen molar-refractivity contribution in [3.63, 3.8) is 0 Å². The predicted molar refractivity (Wildman–Crippen MR) is 94.9 cm³/mol. The molecule has 1 amide bonds. The molecule has 5 rings (SSSR count). The molecule has 146 valence electrons. The van der Waals surface area contributed by atoms with Crippen LogP contribution in [0.25, 0.3) is 0 Å². The minimum atomic E-state index is -4.18. The standard InChI is InChI=1S/C17H21FN4O4S/c18-15-12-6-21(11-4-17(5-11)8-19-9-17)2-1-10(12)3-13(23)16(15)22-7-14(24)20-27(22,25)26/h3,11,19,23H,1-2,4-9H2,(H,20,24). The Morgan fingerprint density at radius 2 is 2.00 bits per heavy atom. The van der Waals surface area contributed by atoms with Crippen molar-refractivity contribution in [1.82, 2.24) is 14.9 Å². The first-order valence-electron chi connectivity index (χ1n) is 9.09. The molecular weight excluding hydrogens is 375 g/mol. The van der Waals surface area contributed by atoms with Gasteiger partial charge in [0.15, 0.2) is 5.82 Å². The van der Waals surface area contributed by atoms with Gasteiger partial charge in [-0.2, -0.15) is 8.42 Å². The number of hydrogen-bond donors (Lipinski definition) is 3. The second-order valence-electron chi connectivity index (χ2n) is 8.12. The minimum absolute atomic E-state index is 0.387. The number of hydrogen-bond acceptors (Lipinski definition) is 6. The van der Waals surface area contributed by atoms with Crippen molar-refractivity contribution < 1.29 is 22.7 Å². The number of phenolic OH excluding ortho intramolecular Hbond substituents is 1. The van der Waals surface area contributed by atoms with Gasteiger partial charge >= 0.3 is 10.2 Å². The Kier molecular flexibility index (Phi) is 3.54. The number of halogens is 1. The second kappa shape index (κ2) is 5.55. The Morgan fingerprint density at radius 3 is 2.59 bits per heavy atom. The summed E-state index contributed by atoms with van der Waals surface area (Å²) < 4.78 is 41.9. The van der Waals surface area contributed by atoms with Crippen LogP contribution in [0.1, 0.15) is 24.0 Å². The Morgan fingerprint density at radius 1 is 1.26 bits per heavy atom. The maximum absolute atomic E-state index is 15.3. The van der Waals surface area contributed by atoms with Crippen LogP contribution in [0.15, 0.2) is 6.07 Å². The first-order chi connectivity index (χ1) is 12.8. The van der Waals surface area contributed by atoms with Crippen LogP contribution in [0, 0.1) is 11.2 Å². The molecule has 27 heavy (non-hydrogen) atoms. The molecule has 3 aliphatic heterocycles. The van der Waals surface area contributed by atoms with E-state index in [0.29, 0.717) is 39.9 Å². The molecule has 1 aliphatic carbocycles. The van der Waals surface area contributed by atoms with E-state index in [4.69, 9.17) is 0 Å². The lowest BCUT2D eigenvalue weighted by Crippen LogP contribution is -2.65. The molecule has 0 radical (unpaired) electrons.